The molecular formula is C14H19Cl2N3. The lowest BCUT2D eigenvalue weighted by Gasteiger charge is -2.42. The minimum absolute atomic E-state index is 0.375. The van der Waals surface area contributed by atoms with E-state index in [9.17, 15) is 0 Å². The second-order valence-electron chi connectivity index (χ2n) is 5.64. The summed E-state index contributed by atoms with van der Waals surface area (Å²) in [6, 6.07) is 0. The molecule has 3 nitrogen and oxygen atoms in total. The standard InChI is InChI=1S/C14H19Cl2N3/c15-7-12-13(16)17-9-18-14(12)19-6-5-10-3-1-2-4-11(10)8-19/h9-11H,1-8H2. The highest BCUT2D eigenvalue weighted by atomic mass is 35.5. The Morgan fingerprint density at radius 3 is 2.74 bits per heavy atom. The fraction of sp³-hybridized carbons (Fsp3) is 0.714. The third-order valence-electron chi connectivity index (χ3n) is 4.59. The van der Waals surface area contributed by atoms with Gasteiger partial charge in [0.25, 0.3) is 0 Å². The second-order valence-corrected chi connectivity index (χ2v) is 6.26. The molecule has 2 atom stereocenters. The van der Waals surface area contributed by atoms with Crippen molar-refractivity contribution in [1.82, 2.24) is 9.97 Å². The van der Waals surface area contributed by atoms with Crippen molar-refractivity contribution >= 4 is 29.0 Å². The quantitative estimate of drug-likeness (QED) is 0.613. The topological polar surface area (TPSA) is 29.0 Å². The fourth-order valence-corrected chi connectivity index (χ4v) is 4.07. The van der Waals surface area contributed by atoms with Crippen molar-refractivity contribution in [3.8, 4) is 0 Å². The van der Waals surface area contributed by atoms with Crippen LogP contribution >= 0.6 is 23.2 Å². The minimum Gasteiger partial charge on any atom is -0.356 e. The molecule has 104 valence electrons. The van der Waals surface area contributed by atoms with Crippen LogP contribution in [0.5, 0.6) is 0 Å². The van der Waals surface area contributed by atoms with Crippen molar-refractivity contribution in [3.05, 3.63) is 17.0 Å². The lowest BCUT2D eigenvalue weighted by Crippen LogP contribution is -2.42. The minimum atomic E-state index is 0.375. The molecule has 19 heavy (non-hydrogen) atoms. The Balaban J connectivity index is 1.81. The molecule has 1 aliphatic heterocycles. The zero-order valence-corrected chi connectivity index (χ0v) is 12.5. The average Bonchev–Trinajstić information content (AvgIpc) is 2.46. The summed E-state index contributed by atoms with van der Waals surface area (Å²) in [5.74, 6) is 3.06. The van der Waals surface area contributed by atoms with Crippen molar-refractivity contribution in [2.75, 3.05) is 18.0 Å². The van der Waals surface area contributed by atoms with Crippen molar-refractivity contribution in [3.63, 3.8) is 0 Å². The van der Waals surface area contributed by atoms with Gasteiger partial charge in [0.05, 0.1) is 5.88 Å². The van der Waals surface area contributed by atoms with Gasteiger partial charge in [-0.2, -0.15) is 0 Å². The van der Waals surface area contributed by atoms with Crippen LogP contribution in [0.15, 0.2) is 6.33 Å². The van der Waals surface area contributed by atoms with Crippen LogP contribution in [0.4, 0.5) is 5.82 Å². The average molecular weight is 300 g/mol. The maximum atomic E-state index is 6.12. The monoisotopic (exact) mass is 299 g/mol. The van der Waals surface area contributed by atoms with E-state index in [0.717, 1.165) is 36.3 Å². The summed E-state index contributed by atoms with van der Waals surface area (Å²) in [5, 5.41) is 0.491. The third-order valence-corrected chi connectivity index (χ3v) is 5.19. The molecule has 1 saturated heterocycles. The molecule has 0 aromatic carbocycles. The Labute approximate surface area is 124 Å². The van der Waals surface area contributed by atoms with Crippen LogP contribution in [0.25, 0.3) is 0 Å². The predicted octanol–water partition coefficient (Wildman–Crippen LogP) is 3.89. The number of nitrogens with zero attached hydrogens (tertiary/aromatic N) is 3. The van der Waals surface area contributed by atoms with Crippen LogP contribution in [0, 0.1) is 11.8 Å². The molecule has 0 spiro atoms. The highest BCUT2D eigenvalue weighted by Gasteiger charge is 2.32. The number of hydrogen-bond acceptors (Lipinski definition) is 3. The van der Waals surface area contributed by atoms with Gasteiger partial charge >= 0.3 is 0 Å². The van der Waals surface area contributed by atoms with Gasteiger partial charge in [0.1, 0.15) is 17.3 Å². The number of piperidine rings is 1. The number of anilines is 1. The zero-order valence-electron chi connectivity index (χ0n) is 11.0. The number of alkyl halides is 1. The summed E-state index contributed by atoms with van der Waals surface area (Å²) >= 11 is 12.1. The Kier molecular flexibility index (Phi) is 4.13. The Morgan fingerprint density at radius 2 is 1.95 bits per heavy atom. The lowest BCUT2D eigenvalue weighted by atomic mass is 9.75. The number of rotatable bonds is 2. The molecule has 1 aromatic rings. The molecule has 1 aromatic heterocycles. The molecule has 0 radical (unpaired) electrons. The van der Waals surface area contributed by atoms with Crippen molar-refractivity contribution in [2.24, 2.45) is 11.8 Å². The van der Waals surface area contributed by atoms with Gasteiger partial charge in [-0.3, -0.25) is 0 Å². The summed E-state index contributed by atoms with van der Waals surface area (Å²) in [6.07, 6.45) is 8.37. The highest BCUT2D eigenvalue weighted by molar-refractivity contribution is 6.31. The summed E-state index contributed by atoms with van der Waals surface area (Å²) in [7, 11) is 0. The molecule has 3 rings (SSSR count). The van der Waals surface area contributed by atoms with E-state index in [1.807, 2.05) is 0 Å². The molecule has 2 heterocycles. The number of aromatic nitrogens is 2. The smallest absolute Gasteiger partial charge is 0.138 e. The summed E-state index contributed by atoms with van der Waals surface area (Å²) in [4.78, 5) is 10.8. The van der Waals surface area contributed by atoms with Crippen LogP contribution in [0.1, 0.15) is 37.7 Å². The second kappa shape index (κ2) is 5.84. The Morgan fingerprint density at radius 1 is 1.16 bits per heavy atom. The predicted molar refractivity (Wildman–Crippen MR) is 78.9 cm³/mol. The summed E-state index contributed by atoms with van der Waals surface area (Å²) < 4.78 is 0. The van der Waals surface area contributed by atoms with E-state index < -0.39 is 0 Å². The van der Waals surface area contributed by atoms with Gasteiger partial charge in [0, 0.05) is 18.7 Å². The van der Waals surface area contributed by atoms with Crippen LogP contribution in [0.2, 0.25) is 5.15 Å². The van der Waals surface area contributed by atoms with Crippen LogP contribution in [-0.4, -0.2) is 23.1 Å². The van der Waals surface area contributed by atoms with Crippen LogP contribution < -0.4 is 4.90 Å². The van der Waals surface area contributed by atoms with Gasteiger partial charge in [-0.1, -0.05) is 30.9 Å². The zero-order chi connectivity index (χ0) is 13.2. The molecule has 2 fully saturated rings. The molecule has 2 unspecified atom stereocenters. The van der Waals surface area contributed by atoms with E-state index in [2.05, 4.69) is 14.9 Å². The van der Waals surface area contributed by atoms with Crippen molar-refractivity contribution in [2.45, 2.75) is 38.0 Å². The summed E-state index contributed by atoms with van der Waals surface area (Å²) in [6.45, 7) is 2.17. The van der Waals surface area contributed by atoms with Crippen LogP contribution in [0.3, 0.4) is 0 Å². The molecule has 2 aliphatic rings. The van der Waals surface area contributed by atoms with Gasteiger partial charge in [0.15, 0.2) is 0 Å². The van der Waals surface area contributed by atoms with E-state index in [1.54, 1.807) is 6.33 Å². The normalized spacial score (nSPS) is 27.2. The Bertz CT molecular complexity index is 452. The van der Waals surface area contributed by atoms with Gasteiger partial charge < -0.3 is 4.90 Å². The molecule has 0 bridgehead atoms. The molecular weight excluding hydrogens is 281 g/mol. The van der Waals surface area contributed by atoms with Crippen molar-refractivity contribution in [1.29, 1.82) is 0 Å². The van der Waals surface area contributed by atoms with Gasteiger partial charge in [-0.25, -0.2) is 9.97 Å². The maximum Gasteiger partial charge on any atom is 0.138 e. The first-order valence-electron chi connectivity index (χ1n) is 7.10. The van der Waals surface area contributed by atoms with Crippen LogP contribution in [-0.2, 0) is 5.88 Å². The van der Waals surface area contributed by atoms with E-state index in [1.165, 1.54) is 32.1 Å². The highest BCUT2D eigenvalue weighted by Crippen LogP contribution is 2.38. The molecule has 1 aliphatic carbocycles. The number of hydrogen-bond donors (Lipinski definition) is 0. The fourth-order valence-electron chi connectivity index (χ4n) is 3.56. The maximum absolute atomic E-state index is 6.12. The third kappa shape index (κ3) is 2.68. The Hall–Kier alpha value is -0.540. The first-order valence-corrected chi connectivity index (χ1v) is 8.01. The number of halogens is 2. The molecule has 5 heteroatoms. The van der Waals surface area contributed by atoms with Gasteiger partial charge in [0.2, 0.25) is 0 Å². The largest absolute Gasteiger partial charge is 0.356 e. The summed E-state index contributed by atoms with van der Waals surface area (Å²) in [5.41, 5.74) is 0.875. The molecule has 0 amide bonds. The first kappa shape index (κ1) is 13.4. The van der Waals surface area contributed by atoms with E-state index in [4.69, 9.17) is 23.2 Å². The molecule has 0 N–H and O–H groups in total. The van der Waals surface area contributed by atoms with E-state index in [-0.39, 0.29) is 0 Å². The first-order chi connectivity index (χ1) is 9.29. The van der Waals surface area contributed by atoms with Crippen molar-refractivity contribution < 1.29 is 0 Å². The van der Waals surface area contributed by atoms with E-state index >= 15 is 0 Å². The SMILES string of the molecule is ClCc1c(Cl)ncnc1N1CCC2CCCCC2C1. The number of fused-ring (bicyclic) bond motifs is 1. The van der Waals surface area contributed by atoms with E-state index in [0.29, 0.717) is 11.0 Å². The van der Waals surface area contributed by atoms with Gasteiger partial charge in [-0.15, -0.1) is 11.6 Å². The molecule has 1 saturated carbocycles. The lowest BCUT2D eigenvalue weighted by molar-refractivity contribution is 0.202. The van der Waals surface area contributed by atoms with Gasteiger partial charge in [-0.05, 0) is 24.7 Å².